The number of phenolic OH excluding ortho intramolecular Hbond substituents is 1. The van der Waals surface area contributed by atoms with E-state index in [-0.39, 0.29) is 17.0 Å². The quantitative estimate of drug-likeness (QED) is 0.454. The molecular weight excluding hydrogens is 322 g/mol. The lowest BCUT2D eigenvalue weighted by molar-refractivity contribution is -0.137. The van der Waals surface area contributed by atoms with E-state index >= 15 is 0 Å². The molecule has 0 heterocycles. The van der Waals surface area contributed by atoms with Gasteiger partial charge in [0.05, 0.1) is 11.3 Å². The molecule has 0 aromatic heterocycles. The van der Waals surface area contributed by atoms with Crippen molar-refractivity contribution in [1.29, 1.82) is 0 Å². The van der Waals surface area contributed by atoms with Crippen molar-refractivity contribution in [2.24, 2.45) is 4.99 Å². The first-order valence-electron chi connectivity index (χ1n) is 7.54. The van der Waals surface area contributed by atoms with Gasteiger partial charge in [-0.2, -0.15) is 13.2 Å². The number of aliphatic imine (C=N–C) groups is 1. The number of phenols is 1. The number of hydrogen-bond acceptors (Lipinski definition) is 2. The summed E-state index contributed by atoms with van der Waals surface area (Å²) in [6.45, 7) is 2.41. The maximum atomic E-state index is 13.5. The van der Waals surface area contributed by atoms with Gasteiger partial charge >= 0.3 is 6.18 Å². The molecule has 128 valence electrons. The molecule has 0 amide bonds. The van der Waals surface area contributed by atoms with E-state index in [1.165, 1.54) is 18.2 Å². The molecule has 2 rings (SSSR count). The predicted octanol–water partition coefficient (Wildman–Crippen LogP) is 5.19. The van der Waals surface area contributed by atoms with Crippen molar-refractivity contribution in [3.8, 4) is 5.75 Å². The number of halogens is 4. The van der Waals surface area contributed by atoms with Crippen LogP contribution in [0.15, 0.2) is 47.5 Å². The van der Waals surface area contributed by atoms with Gasteiger partial charge in [0, 0.05) is 17.7 Å². The lowest BCUT2D eigenvalue weighted by Gasteiger charge is -2.12. The van der Waals surface area contributed by atoms with E-state index in [1.807, 2.05) is 6.92 Å². The molecule has 2 aromatic rings. The molecule has 24 heavy (non-hydrogen) atoms. The number of rotatable bonds is 5. The van der Waals surface area contributed by atoms with Crippen LogP contribution in [0.25, 0.3) is 0 Å². The first-order valence-corrected chi connectivity index (χ1v) is 7.54. The average molecular weight is 339 g/mol. The largest absolute Gasteiger partial charge is 0.507 e. The van der Waals surface area contributed by atoms with E-state index in [4.69, 9.17) is 0 Å². The zero-order valence-electron chi connectivity index (χ0n) is 13.1. The molecule has 1 N–H and O–H groups in total. The zero-order chi connectivity index (χ0) is 17.7. The number of aromatic hydroxyl groups is 1. The highest BCUT2D eigenvalue weighted by atomic mass is 19.4. The second kappa shape index (κ2) is 7.47. The molecule has 6 heteroatoms. The Balaban J connectivity index is 2.47. The summed E-state index contributed by atoms with van der Waals surface area (Å²) in [7, 11) is 0. The molecule has 0 saturated heterocycles. The Bertz CT molecular complexity index is 721. The second-order valence-electron chi connectivity index (χ2n) is 5.32. The van der Waals surface area contributed by atoms with Crippen LogP contribution in [0.3, 0.4) is 0 Å². The summed E-state index contributed by atoms with van der Waals surface area (Å²) in [6, 6.07) is 7.87. The molecule has 0 aliphatic heterocycles. The fraction of sp³-hybridized carbons (Fsp3) is 0.278. The fourth-order valence-electron chi connectivity index (χ4n) is 2.20. The zero-order valence-corrected chi connectivity index (χ0v) is 13.1. The summed E-state index contributed by atoms with van der Waals surface area (Å²) in [4.78, 5) is 4.36. The molecule has 0 unspecified atom stereocenters. The van der Waals surface area contributed by atoms with Crippen molar-refractivity contribution in [3.63, 3.8) is 0 Å². The number of hydrogen-bond donors (Lipinski definition) is 1. The Kier molecular flexibility index (Phi) is 5.59. The highest BCUT2D eigenvalue weighted by Crippen LogP contribution is 2.30. The standard InChI is InChI=1S/C18H17F4NO/c1-2-3-10-23-17(15-11-14(19)8-9-16(15)24)12-4-6-13(7-5-12)18(20,21)22/h4-9,11,24H,2-3,10H2,1H3. The van der Waals surface area contributed by atoms with Gasteiger partial charge in [-0.3, -0.25) is 4.99 Å². The second-order valence-corrected chi connectivity index (χ2v) is 5.32. The lowest BCUT2D eigenvalue weighted by Crippen LogP contribution is -2.08. The van der Waals surface area contributed by atoms with Crippen molar-refractivity contribution in [3.05, 3.63) is 65.0 Å². The number of benzene rings is 2. The Morgan fingerprint density at radius 2 is 1.75 bits per heavy atom. The molecule has 2 nitrogen and oxygen atoms in total. The minimum Gasteiger partial charge on any atom is -0.507 e. The lowest BCUT2D eigenvalue weighted by atomic mass is 9.99. The maximum absolute atomic E-state index is 13.5. The third kappa shape index (κ3) is 4.34. The average Bonchev–Trinajstić information content (AvgIpc) is 2.54. The fourth-order valence-corrected chi connectivity index (χ4v) is 2.20. The van der Waals surface area contributed by atoms with E-state index in [0.717, 1.165) is 37.1 Å². The van der Waals surface area contributed by atoms with Gasteiger partial charge in [0.25, 0.3) is 0 Å². The van der Waals surface area contributed by atoms with Crippen LogP contribution < -0.4 is 0 Å². The van der Waals surface area contributed by atoms with Crippen LogP contribution >= 0.6 is 0 Å². The predicted molar refractivity (Wildman–Crippen MR) is 84.9 cm³/mol. The molecule has 0 radical (unpaired) electrons. The van der Waals surface area contributed by atoms with E-state index in [2.05, 4.69) is 4.99 Å². The summed E-state index contributed by atoms with van der Waals surface area (Å²) in [6.07, 6.45) is -2.77. The van der Waals surface area contributed by atoms with Gasteiger partial charge in [0.1, 0.15) is 11.6 Å². The van der Waals surface area contributed by atoms with Gasteiger partial charge in [-0.15, -0.1) is 0 Å². The summed E-state index contributed by atoms with van der Waals surface area (Å²) < 4.78 is 51.6. The van der Waals surface area contributed by atoms with Crippen LogP contribution in [0.2, 0.25) is 0 Å². The highest BCUT2D eigenvalue weighted by Gasteiger charge is 2.30. The molecule has 0 fully saturated rings. The van der Waals surface area contributed by atoms with Gasteiger partial charge in [0.2, 0.25) is 0 Å². The number of alkyl halides is 3. The van der Waals surface area contributed by atoms with E-state index < -0.39 is 17.6 Å². The third-order valence-electron chi connectivity index (χ3n) is 3.48. The Morgan fingerprint density at radius 1 is 1.08 bits per heavy atom. The summed E-state index contributed by atoms with van der Waals surface area (Å²) >= 11 is 0. The van der Waals surface area contributed by atoms with Gasteiger partial charge in [-0.1, -0.05) is 25.5 Å². The van der Waals surface area contributed by atoms with E-state index in [1.54, 1.807) is 0 Å². The van der Waals surface area contributed by atoms with Crippen LogP contribution in [0.5, 0.6) is 5.75 Å². The van der Waals surface area contributed by atoms with Crippen LogP contribution in [0.1, 0.15) is 36.5 Å². The molecule has 0 saturated carbocycles. The van der Waals surface area contributed by atoms with Crippen molar-refractivity contribution in [2.45, 2.75) is 25.9 Å². The minimum absolute atomic E-state index is 0.158. The monoisotopic (exact) mass is 339 g/mol. The topological polar surface area (TPSA) is 32.6 Å². The van der Waals surface area contributed by atoms with Crippen molar-refractivity contribution < 1.29 is 22.7 Å². The molecule has 0 spiro atoms. The van der Waals surface area contributed by atoms with Crippen LogP contribution in [-0.2, 0) is 6.18 Å². The first kappa shape index (κ1) is 18.0. The molecule has 0 aliphatic rings. The van der Waals surface area contributed by atoms with Gasteiger partial charge in [-0.25, -0.2) is 4.39 Å². The molecule has 0 atom stereocenters. The summed E-state index contributed by atoms with van der Waals surface area (Å²) in [5.74, 6) is -0.732. The van der Waals surface area contributed by atoms with Gasteiger partial charge in [-0.05, 0) is 36.8 Å². The van der Waals surface area contributed by atoms with Crippen LogP contribution in [-0.4, -0.2) is 17.4 Å². The highest BCUT2D eigenvalue weighted by molar-refractivity contribution is 6.14. The third-order valence-corrected chi connectivity index (χ3v) is 3.48. The van der Waals surface area contributed by atoms with E-state index in [0.29, 0.717) is 12.1 Å². The van der Waals surface area contributed by atoms with Crippen LogP contribution in [0, 0.1) is 5.82 Å². The summed E-state index contributed by atoms with van der Waals surface area (Å²) in [5, 5.41) is 9.98. The first-order chi connectivity index (χ1) is 11.3. The number of nitrogens with zero attached hydrogens (tertiary/aromatic N) is 1. The molecular formula is C18H17F4NO. The van der Waals surface area contributed by atoms with E-state index in [9.17, 15) is 22.7 Å². The van der Waals surface area contributed by atoms with Crippen molar-refractivity contribution in [1.82, 2.24) is 0 Å². The smallest absolute Gasteiger partial charge is 0.416 e. The molecule has 0 aliphatic carbocycles. The Labute approximate surface area is 137 Å². The molecule has 0 bridgehead atoms. The van der Waals surface area contributed by atoms with Gasteiger partial charge in [0.15, 0.2) is 0 Å². The van der Waals surface area contributed by atoms with Crippen molar-refractivity contribution >= 4 is 5.71 Å². The minimum atomic E-state index is -4.43. The molecule has 2 aromatic carbocycles. The van der Waals surface area contributed by atoms with Gasteiger partial charge < -0.3 is 5.11 Å². The van der Waals surface area contributed by atoms with Crippen molar-refractivity contribution in [2.75, 3.05) is 6.54 Å². The Hall–Kier alpha value is -2.37. The SMILES string of the molecule is CCCCN=C(c1ccc(C(F)(F)F)cc1)c1cc(F)ccc1O. The maximum Gasteiger partial charge on any atom is 0.416 e. The number of unbranched alkanes of at least 4 members (excludes halogenated alkanes) is 1. The van der Waals surface area contributed by atoms with Crippen LogP contribution in [0.4, 0.5) is 17.6 Å². The normalized spacial score (nSPS) is 12.5. The Morgan fingerprint density at radius 3 is 2.33 bits per heavy atom. The summed E-state index contributed by atoms with van der Waals surface area (Å²) in [5.41, 5.74) is 0.0441.